The highest BCUT2D eigenvalue weighted by atomic mass is 19.4. The molecule has 18 heavy (non-hydrogen) atoms. The van der Waals surface area contributed by atoms with Gasteiger partial charge in [-0.1, -0.05) is 12.1 Å². The molecule has 0 aliphatic rings. The zero-order valence-corrected chi connectivity index (χ0v) is 8.98. The Bertz CT molecular complexity index is 540. The second kappa shape index (κ2) is 4.52. The number of ether oxygens (including phenoxy) is 1. The number of rotatable bonds is 2. The van der Waals surface area contributed by atoms with Gasteiger partial charge in [0.25, 0.3) is 0 Å². The van der Waals surface area contributed by atoms with E-state index in [0.29, 0.717) is 11.1 Å². The first kappa shape index (κ1) is 12.2. The molecule has 2 rings (SSSR count). The summed E-state index contributed by atoms with van der Waals surface area (Å²) in [5.41, 5.74) is 6.80. The van der Waals surface area contributed by atoms with Crippen molar-refractivity contribution in [1.29, 1.82) is 0 Å². The summed E-state index contributed by atoms with van der Waals surface area (Å²) in [4.78, 5) is 7.59. The summed E-state index contributed by atoms with van der Waals surface area (Å²) in [6.45, 7) is 0. The summed E-state index contributed by atoms with van der Waals surface area (Å²) < 4.78 is 39.7. The summed E-state index contributed by atoms with van der Waals surface area (Å²) in [6, 6.07) is 5.32. The predicted molar refractivity (Wildman–Crippen MR) is 58.6 cm³/mol. The van der Waals surface area contributed by atoms with Crippen LogP contribution in [-0.4, -0.2) is 16.3 Å². The van der Waals surface area contributed by atoms with Gasteiger partial charge in [0.2, 0.25) is 0 Å². The second-order valence-corrected chi connectivity index (χ2v) is 3.39. The maximum Gasteiger partial charge on any atom is 0.573 e. The standard InChI is InChI=1S/C11H8F3N3O/c12-11(13,14)18-8-3-1-7(2-4-8)9-5-16-6-17-10(9)15/h1-6H,(H2,15,16,17). The lowest BCUT2D eigenvalue weighted by Gasteiger charge is -2.09. The van der Waals surface area contributed by atoms with E-state index in [1.807, 2.05) is 0 Å². The van der Waals surface area contributed by atoms with Gasteiger partial charge in [-0.05, 0) is 17.7 Å². The van der Waals surface area contributed by atoms with Crippen molar-refractivity contribution in [1.82, 2.24) is 9.97 Å². The van der Waals surface area contributed by atoms with Crippen LogP contribution in [0.25, 0.3) is 11.1 Å². The number of alkyl halides is 3. The number of halogens is 3. The molecule has 0 aliphatic carbocycles. The molecule has 1 heterocycles. The Kier molecular flexibility index (Phi) is 3.05. The van der Waals surface area contributed by atoms with Crippen molar-refractivity contribution in [3.8, 4) is 16.9 Å². The number of benzene rings is 1. The Balaban J connectivity index is 2.26. The number of nitrogens with two attached hydrogens (primary N) is 1. The summed E-state index contributed by atoms with van der Waals surface area (Å²) in [7, 11) is 0. The lowest BCUT2D eigenvalue weighted by atomic mass is 10.1. The minimum Gasteiger partial charge on any atom is -0.406 e. The van der Waals surface area contributed by atoms with Crippen molar-refractivity contribution in [2.24, 2.45) is 0 Å². The number of hydrogen-bond acceptors (Lipinski definition) is 4. The van der Waals surface area contributed by atoms with E-state index >= 15 is 0 Å². The molecule has 1 aromatic heterocycles. The van der Waals surface area contributed by atoms with Gasteiger partial charge < -0.3 is 10.5 Å². The SMILES string of the molecule is Nc1ncncc1-c1ccc(OC(F)(F)F)cc1. The number of nitrogen functional groups attached to an aromatic ring is 1. The normalized spacial score (nSPS) is 11.3. The molecule has 2 aromatic rings. The zero-order valence-electron chi connectivity index (χ0n) is 8.98. The Morgan fingerprint density at radius 3 is 2.33 bits per heavy atom. The fraction of sp³-hybridized carbons (Fsp3) is 0.0909. The summed E-state index contributed by atoms with van der Waals surface area (Å²) in [5.74, 6) is -0.0313. The fourth-order valence-corrected chi connectivity index (χ4v) is 1.40. The van der Waals surface area contributed by atoms with Crippen LogP contribution in [0.4, 0.5) is 19.0 Å². The van der Waals surface area contributed by atoms with Crippen molar-refractivity contribution >= 4 is 5.82 Å². The second-order valence-electron chi connectivity index (χ2n) is 3.39. The molecule has 94 valence electrons. The van der Waals surface area contributed by atoms with Gasteiger partial charge in [-0.15, -0.1) is 13.2 Å². The number of anilines is 1. The van der Waals surface area contributed by atoms with Crippen molar-refractivity contribution in [2.45, 2.75) is 6.36 Å². The average Bonchev–Trinajstić information content (AvgIpc) is 2.29. The van der Waals surface area contributed by atoms with Crippen molar-refractivity contribution in [2.75, 3.05) is 5.73 Å². The minimum atomic E-state index is -4.70. The molecule has 0 bridgehead atoms. The first-order valence-corrected chi connectivity index (χ1v) is 4.87. The van der Waals surface area contributed by atoms with Gasteiger partial charge in [0, 0.05) is 11.8 Å². The highest BCUT2D eigenvalue weighted by Gasteiger charge is 2.30. The molecule has 0 saturated heterocycles. The molecule has 2 N–H and O–H groups in total. The van der Waals surface area contributed by atoms with Gasteiger partial charge in [0.1, 0.15) is 17.9 Å². The number of hydrogen-bond donors (Lipinski definition) is 1. The number of aromatic nitrogens is 2. The van der Waals surface area contributed by atoms with Crippen LogP contribution >= 0.6 is 0 Å². The van der Waals surface area contributed by atoms with Crippen LogP contribution in [0.3, 0.4) is 0 Å². The van der Waals surface area contributed by atoms with Crippen LogP contribution in [0.2, 0.25) is 0 Å². The number of nitrogens with zero attached hydrogens (tertiary/aromatic N) is 2. The van der Waals surface area contributed by atoms with Crippen molar-refractivity contribution in [3.05, 3.63) is 36.8 Å². The third kappa shape index (κ3) is 2.88. The lowest BCUT2D eigenvalue weighted by Crippen LogP contribution is -2.16. The van der Waals surface area contributed by atoms with E-state index in [0.717, 1.165) is 0 Å². The zero-order chi connectivity index (χ0) is 13.2. The molecule has 0 aliphatic heterocycles. The van der Waals surface area contributed by atoms with Gasteiger partial charge in [-0.25, -0.2) is 9.97 Å². The van der Waals surface area contributed by atoms with E-state index in [1.165, 1.54) is 36.8 Å². The fourth-order valence-electron chi connectivity index (χ4n) is 1.40. The third-order valence-electron chi connectivity index (χ3n) is 2.14. The van der Waals surface area contributed by atoms with E-state index in [1.54, 1.807) is 0 Å². The Labute approximate surface area is 100 Å². The first-order valence-electron chi connectivity index (χ1n) is 4.87. The molecule has 0 saturated carbocycles. The van der Waals surface area contributed by atoms with Crippen LogP contribution in [-0.2, 0) is 0 Å². The Hall–Kier alpha value is -2.31. The smallest absolute Gasteiger partial charge is 0.406 e. The molecule has 0 radical (unpaired) electrons. The van der Waals surface area contributed by atoms with E-state index < -0.39 is 6.36 Å². The maximum atomic E-state index is 12.0. The van der Waals surface area contributed by atoms with E-state index in [-0.39, 0.29) is 11.6 Å². The van der Waals surface area contributed by atoms with E-state index in [4.69, 9.17) is 5.73 Å². The molecule has 0 unspecified atom stereocenters. The van der Waals surface area contributed by atoms with Crippen LogP contribution in [0.15, 0.2) is 36.8 Å². The molecule has 1 aromatic carbocycles. The van der Waals surface area contributed by atoms with Crippen LogP contribution in [0.5, 0.6) is 5.75 Å². The van der Waals surface area contributed by atoms with Crippen LogP contribution in [0.1, 0.15) is 0 Å². The van der Waals surface area contributed by atoms with Gasteiger partial charge in [-0.2, -0.15) is 0 Å². The van der Waals surface area contributed by atoms with Crippen molar-refractivity contribution in [3.63, 3.8) is 0 Å². The molecule has 0 spiro atoms. The van der Waals surface area contributed by atoms with Gasteiger partial charge >= 0.3 is 6.36 Å². The predicted octanol–water partition coefficient (Wildman–Crippen LogP) is 2.62. The summed E-state index contributed by atoms with van der Waals surface area (Å²) in [5, 5.41) is 0. The highest BCUT2D eigenvalue weighted by molar-refractivity contribution is 5.72. The Morgan fingerprint density at radius 1 is 1.11 bits per heavy atom. The highest BCUT2D eigenvalue weighted by Crippen LogP contribution is 2.27. The Morgan fingerprint density at radius 2 is 1.78 bits per heavy atom. The van der Waals surface area contributed by atoms with E-state index in [9.17, 15) is 13.2 Å². The van der Waals surface area contributed by atoms with Gasteiger partial charge in [-0.3, -0.25) is 0 Å². The lowest BCUT2D eigenvalue weighted by molar-refractivity contribution is -0.274. The molecular formula is C11H8F3N3O. The summed E-state index contributed by atoms with van der Waals surface area (Å²) >= 11 is 0. The molecule has 0 amide bonds. The average molecular weight is 255 g/mol. The molecule has 0 fully saturated rings. The largest absolute Gasteiger partial charge is 0.573 e. The van der Waals surface area contributed by atoms with Crippen LogP contribution in [0, 0.1) is 0 Å². The van der Waals surface area contributed by atoms with Gasteiger partial charge in [0.05, 0.1) is 0 Å². The molecule has 4 nitrogen and oxygen atoms in total. The molecule has 0 atom stereocenters. The topological polar surface area (TPSA) is 61.0 Å². The maximum absolute atomic E-state index is 12.0. The molecular weight excluding hydrogens is 247 g/mol. The summed E-state index contributed by atoms with van der Waals surface area (Å²) in [6.07, 6.45) is -1.92. The first-order chi connectivity index (χ1) is 8.46. The van der Waals surface area contributed by atoms with E-state index in [2.05, 4.69) is 14.7 Å². The van der Waals surface area contributed by atoms with Gasteiger partial charge in [0.15, 0.2) is 0 Å². The molecule has 7 heteroatoms. The quantitative estimate of drug-likeness (QED) is 0.896. The van der Waals surface area contributed by atoms with Crippen molar-refractivity contribution < 1.29 is 17.9 Å². The third-order valence-corrected chi connectivity index (χ3v) is 2.14. The monoisotopic (exact) mass is 255 g/mol. The van der Waals surface area contributed by atoms with Crippen LogP contribution < -0.4 is 10.5 Å². The minimum absolute atomic E-state index is 0.259.